The zero-order valence-corrected chi connectivity index (χ0v) is 16.9. The Hall–Kier alpha value is -1.40. The minimum Gasteiger partial charge on any atom is -0.449 e. The summed E-state index contributed by atoms with van der Waals surface area (Å²) in [6.45, 7) is 2.28. The van der Waals surface area contributed by atoms with Gasteiger partial charge in [0.05, 0.1) is 22.8 Å². The van der Waals surface area contributed by atoms with Crippen LogP contribution >= 0.6 is 35.0 Å². The molecule has 0 heterocycles. The molecule has 0 saturated carbocycles. The Balaban J connectivity index is 2.15. The van der Waals surface area contributed by atoms with Crippen LogP contribution in [0.25, 0.3) is 0 Å². The fraction of sp³-hybridized carbons (Fsp3) is 0.316. The van der Waals surface area contributed by atoms with Gasteiger partial charge in [-0.3, -0.25) is 4.90 Å². The lowest BCUT2D eigenvalue weighted by molar-refractivity contribution is 0.152. The van der Waals surface area contributed by atoms with E-state index in [-0.39, 0.29) is 13.2 Å². The number of ether oxygens (including phenoxy) is 1. The molecule has 0 aromatic heterocycles. The van der Waals surface area contributed by atoms with Gasteiger partial charge in [-0.15, -0.1) is 11.8 Å². The topological polar surface area (TPSA) is 49.8 Å². The third kappa shape index (κ3) is 5.55. The Kier molecular flexibility index (Phi) is 8.10. The van der Waals surface area contributed by atoms with E-state index in [0.717, 1.165) is 10.5 Å². The number of aliphatic hydroxyl groups excluding tert-OH is 1. The summed E-state index contributed by atoms with van der Waals surface area (Å²) in [6.07, 6.45) is 1.16. The van der Waals surface area contributed by atoms with E-state index in [9.17, 15) is 9.90 Å². The molecule has 1 atom stereocenters. The highest BCUT2D eigenvalue weighted by molar-refractivity contribution is 7.98. The largest absolute Gasteiger partial charge is 0.449 e. The van der Waals surface area contributed by atoms with E-state index >= 15 is 0 Å². The van der Waals surface area contributed by atoms with Gasteiger partial charge in [-0.05, 0) is 55.5 Å². The molecule has 140 valence electrons. The molecule has 0 aliphatic heterocycles. The van der Waals surface area contributed by atoms with Gasteiger partial charge in [-0.25, -0.2) is 4.79 Å². The Morgan fingerprint density at radius 2 is 2.00 bits per heavy atom. The standard InChI is InChI=1S/C19H21Cl2NO3S/c1-3-25-19(24)22(14-7-8-16(20)17(21)12-14)10-9-18(23)13-5-4-6-15(11-13)26-2/h4-8,11-12,18,23H,3,9-10H2,1-2H3. The van der Waals surface area contributed by atoms with Crippen LogP contribution in [0.4, 0.5) is 10.5 Å². The Morgan fingerprint density at radius 3 is 2.65 bits per heavy atom. The van der Waals surface area contributed by atoms with Crippen molar-refractivity contribution < 1.29 is 14.6 Å². The molecule has 0 aliphatic carbocycles. The van der Waals surface area contributed by atoms with E-state index in [1.807, 2.05) is 30.5 Å². The molecule has 2 aromatic rings. The van der Waals surface area contributed by atoms with E-state index < -0.39 is 12.2 Å². The zero-order chi connectivity index (χ0) is 19.1. The number of rotatable bonds is 7. The molecule has 0 radical (unpaired) electrons. The third-order valence-corrected chi connectivity index (χ3v) is 5.27. The van der Waals surface area contributed by atoms with Crippen molar-refractivity contribution in [3.05, 3.63) is 58.1 Å². The summed E-state index contributed by atoms with van der Waals surface area (Å²) < 4.78 is 5.13. The molecule has 0 bridgehead atoms. The van der Waals surface area contributed by atoms with Gasteiger partial charge >= 0.3 is 6.09 Å². The molecule has 0 fully saturated rings. The number of hydrogen-bond acceptors (Lipinski definition) is 4. The molecule has 1 unspecified atom stereocenters. The average molecular weight is 414 g/mol. The van der Waals surface area contributed by atoms with Crippen molar-refractivity contribution in [1.82, 2.24) is 0 Å². The number of hydrogen-bond donors (Lipinski definition) is 1. The molecule has 4 nitrogen and oxygen atoms in total. The predicted octanol–water partition coefficient (Wildman–Crippen LogP) is 5.80. The van der Waals surface area contributed by atoms with E-state index in [4.69, 9.17) is 27.9 Å². The molecule has 7 heteroatoms. The summed E-state index contributed by atoms with van der Waals surface area (Å²) in [5.74, 6) is 0. The van der Waals surface area contributed by atoms with Crippen molar-refractivity contribution in [2.24, 2.45) is 0 Å². The van der Waals surface area contributed by atoms with Crippen LogP contribution in [0.5, 0.6) is 0 Å². The molecule has 0 saturated heterocycles. The summed E-state index contributed by atoms with van der Waals surface area (Å²) in [5, 5.41) is 11.3. The number of benzene rings is 2. The van der Waals surface area contributed by atoms with Crippen molar-refractivity contribution in [2.75, 3.05) is 24.3 Å². The van der Waals surface area contributed by atoms with Crippen LogP contribution in [-0.2, 0) is 4.74 Å². The molecule has 2 aromatic carbocycles. The second kappa shape index (κ2) is 10.1. The Bertz CT molecular complexity index is 757. The number of halogens is 2. The van der Waals surface area contributed by atoms with Gasteiger partial charge in [-0.1, -0.05) is 35.3 Å². The van der Waals surface area contributed by atoms with Crippen LogP contribution in [0.3, 0.4) is 0 Å². The van der Waals surface area contributed by atoms with Crippen molar-refractivity contribution in [3.63, 3.8) is 0 Å². The second-order valence-corrected chi connectivity index (χ2v) is 7.22. The number of carbonyl (C=O) groups excluding carboxylic acids is 1. The number of amides is 1. The van der Waals surface area contributed by atoms with Gasteiger partial charge in [0, 0.05) is 17.1 Å². The number of aliphatic hydroxyl groups is 1. The van der Waals surface area contributed by atoms with Crippen molar-refractivity contribution in [2.45, 2.75) is 24.3 Å². The normalized spacial score (nSPS) is 11.9. The summed E-state index contributed by atoms with van der Waals surface area (Å²) >= 11 is 13.6. The zero-order valence-electron chi connectivity index (χ0n) is 14.6. The molecule has 26 heavy (non-hydrogen) atoms. The van der Waals surface area contributed by atoms with E-state index in [1.165, 1.54) is 4.90 Å². The fourth-order valence-electron chi connectivity index (χ4n) is 2.45. The smallest absolute Gasteiger partial charge is 0.414 e. The lowest BCUT2D eigenvalue weighted by Crippen LogP contribution is -2.33. The Morgan fingerprint density at radius 1 is 1.23 bits per heavy atom. The minimum atomic E-state index is -0.693. The van der Waals surface area contributed by atoms with E-state index in [2.05, 4.69) is 0 Å². The first-order valence-corrected chi connectivity index (χ1v) is 10.2. The molecule has 0 aliphatic rings. The molecule has 0 spiro atoms. The van der Waals surface area contributed by atoms with Crippen LogP contribution in [0.2, 0.25) is 10.0 Å². The number of anilines is 1. The average Bonchev–Trinajstić information content (AvgIpc) is 2.64. The lowest BCUT2D eigenvalue weighted by Gasteiger charge is -2.24. The molecule has 1 amide bonds. The SMILES string of the molecule is CCOC(=O)N(CCC(O)c1cccc(SC)c1)c1ccc(Cl)c(Cl)c1. The summed E-state index contributed by atoms with van der Waals surface area (Å²) in [4.78, 5) is 14.9. The van der Waals surface area contributed by atoms with Gasteiger partial charge in [0.15, 0.2) is 0 Å². The minimum absolute atomic E-state index is 0.259. The lowest BCUT2D eigenvalue weighted by atomic mass is 10.1. The monoisotopic (exact) mass is 413 g/mol. The van der Waals surface area contributed by atoms with Crippen molar-refractivity contribution in [3.8, 4) is 0 Å². The van der Waals surface area contributed by atoms with Gasteiger partial charge < -0.3 is 9.84 Å². The summed E-state index contributed by atoms with van der Waals surface area (Å²) in [5.41, 5.74) is 1.39. The highest BCUT2D eigenvalue weighted by Gasteiger charge is 2.20. The van der Waals surface area contributed by atoms with Crippen molar-refractivity contribution in [1.29, 1.82) is 0 Å². The van der Waals surface area contributed by atoms with Crippen molar-refractivity contribution >= 4 is 46.7 Å². The van der Waals surface area contributed by atoms with Crippen LogP contribution in [-0.4, -0.2) is 30.6 Å². The summed E-state index contributed by atoms with van der Waals surface area (Å²) in [6, 6.07) is 12.7. The van der Waals surface area contributed by atoms with Gasteiger partial charge in [0.2, 0.25) is 0 Å². The third-order valence-electron chi connectivity index (χ3n) is 3.81. The predicted molar refractivity (Wildman–Crippen MR) is 109 cm³/mol. The van der Waals surface area contributed by atoms with Crippen LogP contribution in [0.1, 0.15) is 25.0 Å². The van der Waals surface area contributed by atoms with Gasteiger partial charge in [-0.2, -0.15) is 0 Å². The van der Waals surface area contributed by atoms with Crippen LogP contribution in [0.15, 0.2) is 47.4 Å². The first-order valence-electron chi connectivity index (χ1n) is 8.17. The molecular formula is C19H21Cl2NO3S. The van der Waals surface area contributed by atoms with Gasteiger partial charge in [0.1, 0.15) is 0 Å². The maximum Gasteiger partial charge on any atom is 0.414 e. The Labute approximate surface area is 168 Å². The van der Waals surface area contributed by atoms with E-state index in [1.54, 1.807) is 36.9 Å². The van der Waals surface area contributed by atoms with E-state index in [0.29, 0.717) is 22.2 Å². The highest BCUT2D eigenvalue weighted by atomic mass is 35.5. The van der Waals surface area contributed by atoms with Gasteiger partial charge in [0.25, 0.3) is 0 Å². The quantitative estimate of drug-likeness (QED) is 0.582. The second-order valence-electron chi connectivity index (χ2n) is 5.53. The van der Waals surface area contributed by atoms with Crippen LogP contribution < -0.4 is 4.90 Å². The number of thioether (sulfide) groups is 1. The summed E-state index contributed by atoms with van der Waals surface area (Å²) in [7, 11) is 0. The first kappa shape index (κ1) is 20.9. The molecule has 1 N–H and O–H groups in total. The molecular weight excluding hydrogens is 393 g/mol. The van der Waals surface area contributed by atoms with Crippen LogP contribution in [0, 0.1) is 0 Å². The highest BCUT2D eigenvalue weighted by Crippen LogP contribution is 2.29. The first-order chi connectivity index (χ1) is 12.5. The maximum absolute atomic E-state index is 12.3. The number of carbonyl (C=O) groups is 1. The molecule has 2 rings (SSSR count). The fourth-order valence-corrected chi connectivity index (χ4v) is 3.21. The maximum atomic E-state index is 12.3. The number of nitrogens with zero attached hydrogens (tertiary/aromatic N) is 1.